The molecular formula is C18H29NO5S. The molecule has 6 nitrogen and oxygen atoms in total. The number of amides is 1. The first-order valence-electron chi connectivity index (χ1n) is 8.69. The van der Waals surface area contributed by atoms with Crippen LogP contribution in [-0.2, 0) is 26.2 Å². The van der Waals surface area contributed by atoms with Crippen LogP contribution >= 0.6 is 0 Å². The standard InChI is InChI=1S/C18H29NO5S/c1-4-6-7-11-18(20)19(12-13-23-3)15-16-9-8-10-17(14-16)24-25(21,22)5-2/h8-10,14H,4-7,11-13,15H2,1-3H3. The monoisotopic (exact) mass is 371 g/mol. The number of nitrogens with zero attached hydrogens (tertiary/aromatic N) is 1. The molecule has 0 heterocycles. The van der Waals surface area contributed by atoms with Gasteiger partial charge < -0.3 is 13.8 Å². The molecule has 1 rings (SSSR count). The van der Waals surface area contributed by atoms with Crippen LogP contribution in [0, 0.1) is 0 Å². The highest BCUT2D eigenvalue weighted by atomic mass is 32.2. The molecule has 0 saturated heterocycles. The number of hydrogen-bond acceptors (Lipinski definition) is 5. The normalized spacial score (nSPS) is 11.3. The Morgan fingerprint density at radius 3 is 2.60 bits per heavy atom. The molecule has 0 radical (unpaired) electrons. The predicted octanol–water partition coefficient (Wildman–Crippen LogP) is 2.97. The van der Waals surface area contributed by atoms with Gasteiger partial charge in [-0.1, -0.05) is 31.9 Å². The van der Waals surface area contributed by atoms with Crippen LogP contribution < -0.4 is 4.18 Å². The van der Waals surface area contributed by atoms with E-state index in [1.165, 1.54) is 6.92 Å². The average molecular weight is 371 g/mol. The van der Waals surface area contributed by atoms with Crippen molar-refractivity contribution in [1.82, 2.24) is 4.90 Å². The Hall–Kier alpha value is -1.60. The predicted molar refractivity (Wildman–Crippen MR) is 98.0 cm³/mol. The van der Waals surface area contributed by atoms with Gasteiger partial charge >= 0.3 is 10.1 Å². The third-order valence-electron chi connectivity index (χ3n) is 3.76. The summed E-state index contributed by atoms with van der Waals surface area (Å²) in [4.78, 5) is 14.2. The van der Waals surface area contributed by atoms with E-state index >= 15 is 0 Å². The summed E-state index contributed by atoms with van der Waals surface area (Å²) in [5.74, 6) is 0.259. The van der Waals surface area contributed by atoms with Crippen molar-refractivity contribution >= 4 is 16.0 Å². The maximum Gasteiger partial charge on any atom is 0.308 e. The zero-order chi connectivity index (χ0) is 18.7. The summed E-state index contributed by atoms with van der Waals surface area (Å²) in [7, 11) is -1.96. The van der Waals surface area contributed by atoms with Crippen molar-refractivity contribution in [3.8, 4) is 5.75 Å². The van der Waals surface area contributed by atoms with Gasteiger partial charge in [0, 0.05) is 26.6 Å². The highest BCUT2D eigenvalue weighted by Gasteiger charge is 2.15. The third-order valence-corrected chi connectivity index (χ3v) is 4.91. The van der Waals surface area contributed by atoms with Crippen LogP contribution in [-0.4, -0.2) is 45.2 Å². The smallest absolute Gasteiger partial charge is 0.308 e. The highest BCUT2D eigenvalue weighted by molar-refractivity contribution is 7.87. The SMILES string of the molecule is CCCCCC(=O)N(CCOC)Cc1cccc(OS(=O)(=O)CC)c1. The van der Waals surface area contributed by atoms with Gasteiger partial charge in [0.15, 0.2) is 0 Å². The van der Waals surface area contributed by atoms with Gasteiger partial charge in [0.25, 0.3) is 0 Å². The molecule has 0 bridgehead atoms. The Morgan fingerprint density at radius 2 is 1.96 bits per heavy atom. The lowest BCUT2D eigenvalue weighted by Crippen LogP contribution is -2.33. The van der Waals surface area contributed by atoms with E-state index in [1.807, 2.05) is 6.07 Å². The number of benzene rings is 1. The largest absolute Gasteiger partial charge is 0.383 e. The summed E-state index contributed by atoms with van der Waals surface area (Å²) in [6.45, 7) is 4.99. The fourth-order valence-electron chi connectivity index (χ4n) is 2.30. The van der Waals surface area contributed by atoms with E-state index in [1.54, 1.807) is 30.2 Å². The number of carbonyl (C=O) groups is 1. The Morgan fingerprint density at radius 1 is 1.20 bits per heavy atom. The topological polar surface area (TPSA) is 72.9 Å². The van der Waals surface area contributed by atoms with E-state index in [2.05, 4.69) is 6.92 Å². The second-order valence-corrected chi connectivity index (χ2v) is 7.70. The van der Waals surface area contributed by atoms with Crippen molar-refractivity contribution in [2.45, 2.75) is 46.1 Å². The van der Waals surface area contributed by atoms with E-state index in [9.17, 15) is 13.2 Å². The molecule has 1 amide bonds. The van der Waals surface area contributed by atoms with E-state index < -0.39 is 10.1 Å². The second kappa shape index (κ2) is 11.1. The van der Waals surface area contributed by atoms with E-state index in [0.29, 0.717) is 26.1 Å². The summed E-state index contributed by atoms with van der Waals surface area (Å²) in [5, 5.41) is 0. The number of rotatable bonds is 12. The van der Waals surface area contributed by atoms with Gasteiger partial charge in [-0.05, 0) is 31.0 Å². The van der Waals surface area contributed by atoms with Crippen molar-refractivity contribution < 1.29 is 22.1 Å². The Bertz CT molecular complexity index is 630. The van der Waals surface area contributed by atoms with Crippen LogP contribution in [0.5, 0.6) is 5.75 Å². The Kier molecular flexibility index (Phi) is 9.52. The number of ether oxygens (including phenoxy) is 1. The van der Waals surface area contributed by atoms with E-state index in [-0.39, 0.29) is 17.4 Å². The summed E-state index contributed by atoms with van der Waals surface area (Å²) in [6, 6.07) is 6.84. The third kappa shape index (κ3) is 8.36. The van der Waals surface area contributed by atoms with Gasteiger partial charge in [-0.15, -0.1) is 0 Å². The lowest BCUT2D eigenvalue weighted by molar-refractivity contribution is -0.132. The molecule has 1 aromatic rings. The molecule has 0 aliphatic carbocycles. The van der Waals surface area contributed by atoms with Crippen molar-refractivity contribution in [1.29, 1.82) is 0 Å². The number of unbranched alkanes of at least 4 members (excludes halogenated alkanes) is 2. The molecule has 25 heavy (non-hydrogen) atoms. The van der Waals surface area contributed by atoms with E-state index in [4.69, 9.17) is 8.92 Å². The number of hydrogen-bond donors (Lipinski definition) is 0. The van der Waals surface area contributed by atoms with Crippen LogP contribution in [0.2, 0.25) is 0 Å². The molecule has 0 aromatic heterocycles. The minimum Gasteiger partial charge on any atom is -0.383 e. The molecule has 0 fully saturated rings. The first-order chi connectivity index (χ1) is 11.9. The summed E-state index contributed by atoms with van der Waals surface area (Å²) >= 11 is 0. The molecule has 0 unspecified atom stereocenters. The minimum absolute atomic E-state index is 0.0815. The van der Waals surface area contributed by atoms with Crippen molar-refractivity contribution in [2.24, 2.45) is 0 Å². The fraction of sp³-hybridized carbons (Fsp3) is 0.611. The second-order valence-electron chi connectivity index (χ2n) is 5.84. The highest BCUT2D eigenvalue weighted by Crippen LogP contribution is 2.18. The maximum atomic E-state index is 12.4. The lowest BCUT2D eigenvalue weighted by atomic mass is 10.1. The van der Waals surface area contributed by atoms with Crippen LogP contribution in [0.4, 0.5) is 0 Å². The molecule has 1 aromatic carbocycles. The molecule has 0 spiro atoms. The van der Waals surface area contributed by atoms with Crippen LogP contribution in [0.25, 0.3) is 0 Å². The minimum atomic E-state index is -3.56. The molecule has 142 valence electrons. The van der Waals surface area contributed by atoms with Gasteiger partial charge in [-0.25, -0.2) is 0 Å². The summed E-state index contributed by atoms with van der Waals surface area (Å²) < 4.78 is 33.3. The Labute approximate surface area is 151 Å². The van der Waals surface area contributed by atoms with E-state index in [0.717, 1.165) is 24.8 Å². The Balaban J connectivity index is 2.80. The molecule has 0 N–H and O–H groups in total. The summed E-state index contributed by atoms with van der Waals surface area (Å²) in [5.41, 5.74) is 0.823. The van der Waals surface area contributed by atoms with Crippen LogP contribution in [0.15, 0.2) is 24.3 Å². The van der Waals surface area contributed by atoms with Crippen LogP contribution in [0.3, 0.4) is 0 Å². The first kappa shape index (κ1) is 21.4. The van der Waals surface area contributed by atoms with Gasteiger partial charge in [-0.3, -0.25) is 4.79 Å². The average Bonchev–Trinajstić information content (AvgIpc) is 2.58. The molecule has 0 atom stereocenters. The quantitative estimate of drug-likeness (QED) is 0.417. The molecule has 0 aliphatic heterocycles. The summed E-state index contributed by atoms with van der Waals surface area (Å²) in [6.07, 6.45) is 3.48. The molecule has 7 heteroatoms. The van der Waals surface area contributed by atoms with Gasteiger partial charge in [0.2, 0.25) is 5.91 Å². The van der Waals surface area contributed by atoms with Crippen LogP contribution in [0.1, 0.15) is 45.1 Å². The van der Waals surface area contributed by atoms with Crippen molar-refractivity contribution in [2.75, 3.05) is 26.0 Å². The zero-order valence-electron chi connectivity index (χ0n) is 15.4. The number of methoxy groups -OCH3 is 1. The van der Waals surface area contributed by atoms with Crippen molar-refractivity contribution in [3.05, 3.63) is 29.8 Å². The zero-order valence-corrected chi connectivity index (χ0v) is 16.2. The fourth-order valence-corrected chi connectivity index (χ4v) is 2.81. The van der Waals surface area contributed by atoms with Gasteiger partial charge in [0.05, 0.1) is 12.4 Å². The molecular weight excluding hydrogens is 342 g/mol. The maximum absolute atomic E-state index is 12.4. The lowest BCUT2D eigenvalue weighted by Gasteiger charge is -2.23. The first-order valence-corrected chi connectivity index (χ1v) is 10.3. The van der Waals surface area contributed by atoms with Gasteiger partial charge in [0.1, 0.15) is 5.75 Å². The van der Waals surface area contributed by atoms with Crippen molar-refractivity contribution in [3.63, 3.8) is 0 Å². The molecule has 0 saturated carbocycles. The molecule has 0 aliphatic rings. The number of carbonyl (C=O) groups excluding carboxylic acids is 1. The van der Waals surface area contributed by atoms with Gasteiger partial charge in [-0.2, -0.15) is 8.42 Å².